The minimum atomic E-state index is -3.83. The molecule has 164 valence electrons. The van der Waals surface area contributed by atoms with E-state index in [9.17, 15) is 18.0 Å². The Bertz CT molecular complexity index is 1110. The number of anilines is 2. The standard InChI is InChI=1S/C22H25N3O4S2/c1-14(2)15-5-7-16(8-6-15)24-31(28,29)17-9-10-19-18(13-17)23-21(26)20(30-19)22(27)25-11-3-4-12-25/h5-10,13-14,20,24H,3-4,11-12H2,1-2H3,(H,23,26). The zero-order valence-corrected chi connectivity index (χ0v) is 19.1. The molecule has 2 N–H and O–H groups in total. The fraction of sp³-hybridized carbons (Fsp3) is 0.364. The number of rotatable bonds is 5. The number of nitrogens with zero attached hydrogens (tertiary/aromatic N) is 1. The fourth-order valence-corrected chi connectivity index (χ4v) is 5.81. The van der Waals surface area contributed by atoms with Crippen molar-refractivity contribution in [2.75, 3.05) is 23.1 Å². The molecule has 0 aliphatic carbocycles. The van der Waals surface area contributed by atoms with Gasteiger partial charge in [0.1, 0.15) is 0 Å². The summed E-state index contributed by atoms with van der Waals surface area (Å²) in [6.07, 6.45) is 1.91. The number of sulfonamides is 1. The van der Waals surface area contributed by atoms with Gasteiger partial charge in [0.05, 0.1) is 10.6 Å². The highest BCUT2D eigenvalue weighted by Crippen LogP contribution is 2.38. The van der Waals surface area contributed by atoms with Gasteiger partial charge in [-0.05, 0) is 54.7 Å². The molecule has 1 atom stereocenters. The number of carbonyl (C=O) groups excluding carboxylic acids is 2. The fourth-order valence-electron chi connectivity index (χ4n) is 3.67. The highest BCUT2D eigenvalue weighted by atomic mass is 32.2. The smallest absolute Gasteiger partial charge is 0.261 e. The molecule has 2 aromatic rings. The van der Waals surface area contributed by atoms with Crippen LogP contribution in [0.2, 0.25) is 0 Å². The number of fused-ring (bicyclic) bond motifs is 1. The highest BCUT2D eigenvalue weighted by molar-refractivity contribution is 8.01. The normalized spacial score (nSPS) is 18.6. The van der Waals surface area contributed by atoms with Crippen molar-refractivity contribution in [3.05, 3.63) is 48.0 Å². The zero-order valence-electron chi connectivity index (χ0n) is 17.4. The first-order valence-electron chi connectivity index (χ1n) is 10.3. The van der Waals surface area contributed by atoms with Crippen LogP contribution < -0.4 is 10.0 Å². The van der Waals surface area contributed by atoms with Gasteiger partial charge in [0, 0.05) is 23.7 Å². The van der Waals surface area contributed by atoms with E-state index >= 15 is 0 Å². The molecular weight excluding hydrogens is 434 g/mol. The minimum Gasteiger partial charge on any atom is -0.341 e. The number of thioether (sulfide) groups is 1. The molecule has 0 spiro atoms. The number of hydrogen-bond acceptors (Lipinski definition) is 5. The molecule has 0 saturated carbocycles. The van der Waals surface area contributed by atoms with Crippen LogP contribution in [0.25, 0.3) is 0 Å². The molecule has 2 aliphatic heterocycles. The first-order valence-corrected chi connectivity index (χ1v) is 12.6. The Kier molecular flexibility index (Phi) is 5.98. The van der Waals surface area contributed by atoms with Gasteiger partial charge in [0.25, 0.3) is 10.0 Å². The highest BCUT2D eigenvalue weighted by Gasteiger charge is 2.37. The van der Waals surface area contributed by atoms with Crippen molar-refractivity contribution in [3.8, 4) is 0 Å². The van der Waals surface area contributed by atoms with E-state index in [1.54, 1.807) is 23.1 Å². The number of benzene rings is 2. The van der Waals surface area contributed by atoms with E-state index in [-0.39, 0.29) is 10.8 Å². The van der Waals surface area contributed by atoms with Crippen LogP contribution in [0.3, 0.4) is 0 Å². The van der Waals surface area contributed by atoms with E-state index in [1.807, 2.05) is 12.1 Å². The quantitative estimate of drug-likeness (QED) is 0.666. The van der Waals surface area contributed by atoms with Gasteiger partial charge in [-0.15, -0.1) is 11.8 Å². The molecule has 0 bridgehead atoms. The van der Waals surface area contributed by atoms with Crippen LogP contribution in [-0.2, 0) is 19.6 Å². The van der Waals surface area contributed by atoms with E-state index < -0.39 is 21.2 Å². The molecule has 0 aromatic heterocycles. The SMILES string of the molecule is CC(C)c1ccc(NS(=O)(=O)c2ccc3c(c2)NC(=O)C(C(=O)N2CCCC2)S3)cc1. The molecule has 9 heteroatoms. The Morgan fingerprint density at radius 2 is 1.81 bits per heavy atom. The van der Waals surface area contributed by atoms with Gasteiger partial charge in [-0.1, -0.05) is 26.0 Å². The van der Waals surface area contributed by atoms with Crippen LogP contribution in [-0.4, -0.2) is 43.5 Å². The molecule has 7 nitrogen and oxygen atoms in total. The predicted octanol–water partition coefficient (Wildman–Crippen LogP) is 3.65. The van der Waals surface area contributed by atoms with Crippen molar-refractivity contribution in [2.24, 2.45) is 0 Å². The topological polar surface area (TPSA) is 95.6 Å². The maximum atomic E-state index is 12.8. The molecule has 2 heterocycles. The molecule has 4 rings (SSSR count). The maximum absolute atomic E-state index is 12.8. The van der Waals surface area contributed by atoms with Crippen molar-refractivity contribution >= 4 is 45.0 Å². The molecule has 1 unspecified atom stereocenters. The third-order valence-electron chi connectivity index (χ3n) is 5.47. The Balaban J connectivity index is 1.52. The first-order chi connectivity index (χ1) is 14.7. The summed E-state index contributed by atoms with van der Waals surface area (Å²) in [6.45, 7) is 5.50. The van der Waals surface area contributed by atoms with E-state index in [0.717, 1.165) is 18.4 Å². The second-order valence-corrected chi connectivity index (χ2v) is 10.9. The molecular formula is C22H25N3O4S2. The maximum Gasteiger partial charge on any atom is 0.261 e. The second-order valence-electron chi connectivity index (χ2n) is 8.06. The van der Waals surface area contributed by atoms with Crippen molar-refractivity contribution < 1.29 is 18.0 Å². The second kappa shape index (κ2) is 8.55. The summed E-state index contributed by atoms with van der Waals surface area (Å²) in [7, 11) is -3.83. The van der Waals surface area contributed by atoms with Gasteiger partial charge in [-0.3, -0.25) is 14.3 Å². The van der Waals surface area contributed by atoms with E-state index in [0.29, 0.717) is 35.3 Å². The monoisotopic (exact) mass is 459 g/mol. The van der Waals surface area contributed by atoms with Crippen LogP contribution in [0, 0.1) is 0 Å². The Hall–Kier alpha value is -2.52. The van der Waals surface area contributed by atoms with Gasteiger partial charge in [-0.2, -0.15) is 0 Å². The average molecular weight is 460 g/mol. The first kappa shape index (κ1) is 21.7. The van der Waals surface area contributed by atoms with Gasteiger partial charge < -0.3 is 10.2 Å². The predicted molar refractivity (Wildman–Crippen MR) is 122 cm³/mol. The van der Waals surface area contributed by atoms with Gasteiger partial charge in [-0.25, -0.2) is 8.42 Å². The number of amides is 2. The van der Waals surface area contributed by atoms with Crippen molar-refractivity contribution in [3.63, 3.8) is 0 Å². The van der Waals surface area contributed by atoms with E-state index in [2.05, 4.69) is 23.9 Å². The van der Waals surface area contributed by atoms with Crippen molar-refractivity contribution in [1.29, 1.82) is 0 Å². The van der Waals surface area contributed by atoms with Crippen LogP contribution >= 0.6 is 11.8 Å². The zero-order chi connectivity index (χ0) is 22.2. The third kappa shape index (κ3) is 4.57. The summed E-state index contributed by atoms with van der Waals surface area (Å²) in [6, 6.07) is 11.8. The summed E-state index contributed by atoms with van der Waals surface area (Å²) in [5, 5.41) is 1.87. The summed E-state index contributed by atoms with van der Waals surface area (Å²) in [5.74, 6) is -0.247. The lowest BCUT2D eigenvalue weighted by Crippen LogP contribution is -2.43. The number of hydrogen-bond donors (Lipinski definition) is 2. The molecule has 1 fully saturated rings. The number of likely N-dealkylation sites (tertiary alicyclic amines) is 1. The molecule has 0 radical (unpaired) electrons. The number of nitrogens with one attached hydrogen (secondary N) is 2. The number of carbonyl (C=O) groups is 2. The molecule has 2 aromatic carbocycles. The third-order valence-corrected chi connectivity index (χ3v) is 8.11. The van der Waals surface area contributed by atoms with E-state index in [4.69, 9.17) is 0 Å². The van der Waals surface area contributed by atoms with Crippen LogP contribution in [0.4, 0.5) is 11.4 Å². The Morgan fingerprint density at radius 3 is 2.45 bits per heavy atom. The lowest BCUT2D eigenvalue weighted by Gasteiger charge is -2.27. The minimum absolute atomic E-state index is 0.0457. The van der Waals surface area contributed by atoms with Gasteiger partial charge in [0.15, 0.2) is 5.25 Å². The van der Waals surface area contributed by atoms with E-state index in [1.165, 1.54) is 23.9 Å². The van der Waals surface area contributed by atoms with Crippen LogP contribution in [0.1, 0.15) is 38.2 Å². The molecule has 2 aliphatic rings. The molecule has 1 saturated heterocycles. The lowest BCUT2D eigenvalue weighted by molar-refractivity contribution is -0.133. The summed E-state index contributed by atoms with van der Waals surface area (Å²) in [4.78, 5) is 27.6. The van der Waals surface area contributed by atoms with Crippen molar-refractivity contribution in [2.45, 2.75) is 47.6 Å². The Labute approximate surface area is 186 Å². The molecule has 31 heavy (non-hydrogen) atoms. The summed E-state index contributed by atoms with van der Waals surface area (Å²) in [5.41, 5.74) is 1.99. The summed E-state index contributed by atoms with van der Waals surface area (Å²) >= 11 is 1.17. The van der Waals surface area contributed by atoms with Gasteiger partial charge in [0.2, 0.25) is 11.8 Å². The van der Waals surface area contributed by atoms with Crippen LogP contribution in [0.15, 0.2) is 52.3 Å². The van der Waals surface area contributed by atoms with Crippen LogP contribution in [0.5, 0.6) is 0 Å². The molecule has 2 amide bonds. The summed E-state index contributed by atoms with van der Waals surface area (Å²) < 4.78 is 28.3. The van der Waals surface area contributed by atoms with Gasteiger partial charge >= 0.3 is 0 Å². The van der Waals surface area contributed by atoms with Crippen molar-refractivity contribution in [1.82, 2.24) is 4.90 Å². The lowest BCUT2D eigenvalue weighted by atomic mass is 10.0. The average Bonchev–Trinajstić information content (AvgIpc) is 3.27. The Morgan fingerprint density at radius 1 is 1.13 bits per heavy atom. The largest absolute Gasteiger partial charge is 0.341 e.